The molecule has 1 aliphatic rings. The number of hydrogen-bond donors (Lipinski definition) is 2. The third-order valence-electron chi connectivity index (χ3n) is 5.57. The summed E-state index contributed by atoms with van der Waals surface area (Å²) in [7, 11) is 3.07. The number of methoxy groups -OCH3 is 2. The van der Waals surface area contributed by atoms with Gasteiger partial charge in [-0.3, -0.25) is 14.4 Å². The molecule has 1 aromatic carbocycles. The normalized spacial score (nSPS) is 14.3. The third kappa shape index (κ3) is 5.81. The third-order valence-corrected chi connectivity index (χ3v) is 5.57. The van der Waals surface area contributed by atoms with Crippen molar-refractivity contribution in [3.8, 4) is 11.5 Å². The molecule has 10 heteroatoms. The number of carbonyl (C=O) groups is 3. The number of likely N-dealkylation sites (tertiary alicyclic amines) is 1. The van der Waals surface area contributed by atoms with E-state index in [-0.39, 0.29) is 29.4 Å². The Morgan fingerprint density at radius 1 is 1.00 bits per heavy atom. The molecular formula is C24H31N5O5. The maximum absolute atomic E-state index is 12.9. The summed E-state index contributed by atoms with van der Waals surface area (Å²) >= 11 is 0. The van der Waals surface area contributed by atoms with Crippen molar-refractivity contribution in [2.24, 2.45) is 5.41 Å². The smallest absolute Gasteiger partial charge is 0.273 e. The predicted octanol–water partition coefficient (Wildman–Crippen LogP) is 2.51. The lowest BCUT2D eigenvalue weighted by molar-refractivity contribution is -0.123. The van der Waals surface area contributed by atoms with E-state index < -0.39 is 11.3 Å². The van der Waals surface area contributed by atoms with Gasteiger partial charge in [-0.1, -0.05) is 20.8 Å². The quantitative estimate of drug-likeness (QED) is 0.666. The molecule has 1 aromatic heterocycles. The van der Waals surface area contributed by atoms with Crippen LogP contribution in [0.25, 0.3) is 0 Å². The summed E-state index contributed by atoms with van der Waals surface area (Å²) in [4.78, 5) is 48.1. The van der Waals surface area contributed by atoms with Crippen LogP contribution in [0.1, 0.15) is 54.5 Å². The minimum absolute atomic E-state index is 0.0592. The first-order valence-corrected chi connectivity index (χ1v) is 11.1. The molecule has 182 valence electrons. The first-order chi connectivity index (χ1) is 16.1. The minimum Gasteiger partial charge on any atom is -0.493 e. The van der Waals surface area contributed by atoms with E-state index in [1.807, 2.05) is 0 Å². The van der Waals surface area contributed by atoms with Crippen LogP contribution in [-0.4, -0.2) is 65.9 Å². The lowest BCUT2D eigenvalue weighted by atomic mass is 9.96. The number of rotatable bonds is 6. The highest BCUT2D eigenvalue weighted by molar-refractivity contribution is 6.02. The summed E-state index contributed by atoms with van der Waals surface area (Å²) in [6.07, 6.45) is 4.02. The van der Waals surface area contributed by atoms with Crippen LogP contribution in [-0.2, 0) is 4.79 Å². The van der Waals surface area contributed by atoms with Crippen molar-refractivity contribution in [2.75, 3.05) is 32.6 Å². The Kier molecular flexibility index (Phi) is 7.70. The highest BCUT2D eigenvalue weighted by Gasteiger charge is 2.28. The number of anilines is 1. The molecule has 2 aromatic rings. The predicted molar refractivity (Wildman–Crippen MR) is 126 cm³/mol. The molecule has 3 amide bonds. The van der Waals surface area contributed by atoms with Crippen LogP contribution in [0.2, 0.25) is 0 Å². The van der Waals surface area contributed by atoms with Crippen LogP contribution in [0, 0.1) is 5.41 Å². The van der Waals surface area contributed by atoms with Gasteiger partial charge < -0.3 is 25.0 Å². The molecule has 0 bridgehead atoms. The Labute approximate surface area is 199 Å². The van der Waals surface area contributed by atoms with Crippen molar-refractivity contribution >= 4 is 23.5 Å². The topological polar surface area (TPSA) is 123 Å². The van der Waals surface area contributed by atoms with Crippen LogP contribution in [0.4, 0.5) is 5.82 Å². The largest absolute Gasteiger partial charge is 0.493 e. The number of nitrogens with one attached hydrogen (secondary N) is 2. The van der Waals surface area contributed by atoms with Crippen molar-refractivity contribution in [1.82, 2.24) is 20.2 Å². The van der Waals surface area contributed by atoms with Crippen molar-refractivity contribution in [1.29, 1.82) is 0 Å². The van der Waals surface area contributed by atoms with Gasteiger partial charge >= 0.3 is 0 Å². The van der Waals surface area contributed by atoms with Crippen LogP contribution in [0.5, 0.6) is 11.5 Å². The summed E-state index contributed by atoms with van der Waals surface area (Å²) in [6, 6.07) is 4.95. The second kappa shape index (κ2) is 10.5. The van der Waals surface area contributed by atoms with E-state index in [1.165, 1.54) is 19.5 Å². The fraction of sp³-hybridized carbons (Fsp3) is 0.458. The molecule has 0 saturated carbocycles. The van der Waals surface area contributed by atoms with Crippen LogP contribution in [0.3, 0.4) is 0 Å². The number of amides is 3. The Morgan fingerprint density at radius 2 is 1.65 bits per heavy atom. The maximum atomic E-state index is 12.9. The Morgan fingerprint density at radius 3 is 2.26 bits per heavy atom. The number of aromatic nitrogens is 2. The minimum atomic E-state index is -0.640. The molecule has 2 heterocycles. The average molecular weight is 470 g/mol. The first-order valence-electron chi connectivity index (χ1n) is 11.1. The molecule has 0 radical (unpaired) electrons. The Balaban J connectivity index is 1.60. The van der Waals surface area contributed by atoms with Crippen molar-refractivity contribution in [2.45, 2.75) is 39.7 Å². The first kappa shape index (κ1) is 24.9. The standard InChI is InChI=1S/C24H31N5O5/c1-24(2,3)23(32)28-20-19(25-10-11-26-20)21(30)27-16-8-12-29(13-9-16)22(31)15-6-7-17(33-4)18(14-15)34-5/h6-7,10-11,14,16H,8-9,12-13H2,1-5H3,(H,27,30)(H,26,28,32). The van der Waals surface area contributed by atoms with Gasteiger partial charge in [0.25, 0.3) is 11.8 Å². The second-order valence-electron chi connectivity index (χ2n) is 9.07. The monoisotopic (exact) mass is 469 g/mol. The zero-order valence-corrected chi connectivity index (χ0v) is 20.2. The van der Waals surface area contributed by atoms with E-state index in [4.69, 9.17) is 9.47 Å². The molecule has 10 nitrogen and oxygen atoms in total. The van der Waals surface area contributed by atoms with Gasteiger partial charge in [0.15, 0.2) is 23.0 Å². The van der Waals surface area contributed by atoms with Gasteiger partial charge in [0.1, 0.15) is 0 Å². The molecular weight excluding hydrogens is 438 g/mol. The van der Waals surface area contributed by atoms with Gasteiger partial charge in [0.05, 0.1) is 14.2 Å². The van der Waals surface area contributed by atoms with Gasteiger partial charge in [-0.25, -0.2) is 9.97 Å². The molecule has 0 spiro atoms. The number of carbonyl (C=O) groups excluding carboxylic acids is 3. The lowest BCUT2D eigenvalue weighted by Crippen LogP contribution is -2.46. The van der Waals surface area contributed by atoms with E-state index in [1.54, 1.807) is 51.0 Å². The summed E-state index contributed by atoms with van der Waals surface area (Å²) in [5, 5.41) is 5.63. The van der Waals surface area contributed by atoms with Crippen LogP contribution < -0.4 is 20.1 Å². The Bertz CT molecular complexity index is 1060. The molecule has 34 heavy (non-hydrogen) atoms. The summed E-state index contributed by atoms with van der Waals surface area (Å²) in [5.74, 6) is 0.398. The maximum Gasteiger partial charge on any atom is 0.273 e. The number of benzene rings is 1. The summed E-state index contributed by atoms with van der Waals surface area (Å²) < 4.78 is 10.5. The molecule has 1 saturated heterocycles. The van der Waals surface area contributed by atoms with E-state index in [9.17, 15) is 14.4 Å². The van der Waals surface area contributed by atoms with Crippen molar-refractivity contribution in [3.05, 3.63) is 41.9 Å². The molecule has 0 unspecified atom stereocenters. The fourth-order valence-electron chi connectivity index (χ4n) is 3.52. The molecule has 0 aliphatic carbocycles. The van der Waals surface area contributed by atoms with E-state index >= 15 is 0 Å². The van der Waals surface area contributed by atoms with Crippen molar-refractivity contribution < 1.29 is 23.9 Å². The number of ether oxygens (including phenoxy) is 2. The van der Waals surface area contributed by atoms with E-state index in [0.717, 1.165) is 0 Å². The zero-order valence-electron chi connectivity index (χ0n) is 20.2. The van der Waals surface area contributed by atoms with Crippen LogP contribution in [0.15, 0.2) is 30.6 Å². The molecule has 1 fully saturated rings. The molecule has 2 N–H and O–H groups in total. The van der Waals surface area contributed by atoms with Gasteiger partial charge in [0.2, 0.25) is 5.91 Å². The zero-order chi connectivity index (χ0) is 24.9. The average Bonchev–Trinajstić information content (AvgIpc) is 2.83. The van der Waals surface area contributed by atoms with Gasteiger partial charge in [0, 0.05) is 42.5 Å². The van der Waals surface area contributed by atoms with Gasteiger partial charge in [-0.05, 0) is 31.0 Å². The highest BCUT2D eigenvalue weighted by Crippen LogP contribution is 2.28. The fourth-order valence-corrected chi connectivity index (χ4v) is 3.52. The summed E-state index contributed by atoms with van der Waals surface area (Å²) in [6.45, 7) is 6.30. The lowest BCUT2D eigenvalue weighted by Gasteiger charge is -2.32. The second-order valence-corrected chi connectivity index (χ2v) is 9.07. The van der Waals surface area contributed by atoms with E-state index in [0.29, 0.717) is 43.0 Å². The summed E-state index contributed by atoms with van der Waals surface area (Å²) in [5.41, 5.74) is -0.0682. The molecule has 0 atom stereocenters. The number of hydrogen-bond acceptors (Lipinski definition) is 7. The Hall–Kier alpha value is -3.69. The molecule has 3 rings (SSSR count). The number of piperidine rings is 1. The van der Waals surface area contributed by atoms with E-state index in [2.05, 4.69) is 20.6 Å². The highest BCUT2D eigenvalue weighted by atomic mass is 16.5. The van der Waals surface area contributed by atoms with Crippen molar-refractivity contribution in [3.63, 3.8) is 0 Å². The molecule has 1 aliphatic heterocycles. The van der Waals surface area contributed by atoms with Crippen LogP contribution >= 0.6 is 0 Å². The SMILES string of the molecule is COc1ccc(C(=O)N2CCC(NC(=O)c3nccnc3NC(=O)C(C)(C)C)CC2)cc1OC. The van der Waals surface area contributed by atoms with Gasteiger partial charge in [-0.15, -0.1) is 0 Å². The van der Waals surface area contributed by atoms with Gasteiger partial charge in [-0.2, -0.15) is 0 Å². The number of nitrogens with zero attached hydrogens (tertiary/aromatic N) is 3.